The van der Waals surface area contributed by atoms with E-state index in [0.29, 0.717) is 17.8 Å². The molecule has 2 N–H and O–H groups in total. The summed E-state index contributed by atoms with van der Waals surface area (Å²) in [5.74, 6) is -4.52. The van der Waals surface area contributed by atoms with Crippen molar-refractivity contribution < 1.29 is 18.0 Å². The highest BCUT2D eigenvalue weighted by atomic mass is 19.1. The average Bonchev–Trinajstić information content (AvgIpc) is 2.62. The number of aryl methyl sites for hydroxylation is 1. The molecule has 0 radical (unpaired) electrons. The number of hydrogen-bond donors (Lipinski definition) is 2. The lowest BCUT2D eigenvalue weighted by molar-refractivity contribution is 0.101. The van der Waals surface area contributed by atoms with E-state index in [1.165, 1.54) is 6.07 Å². The maximum atomic E-state index is 13.3. The molecular formula is C11H8F3N3O. The van der Waals surface area contributed by atoms with Gasteiger partial charge in [-0.05, 0) is 6.92 Å². The molecule has 18 heavy (non-hydrogen) atoms. The van der Waals surface area contributed by atoms with Crippen molar-refractivity contribution in [1.82, 2.24) is 10.2 Å². The van der Waals surface area contributed by atoms with Crippen molar-refractivity contribution in [1.29, 1.82) is 0 Å². The molecule has 0 atom stereocenters. The number of anilines is 1. The van der Waals surface area contributed by atoms with Crippen LogP contribution in [0.3, 0.4) is 0 Å². The van der Waals surface area contributed by atoms with E-state index >= 15 is 0 Å². The molecule has 0 aliphatic heterocycles. The van der Waals surface area contributed by atoms with E-state index < -0.39 is 28.9 Å². The van der Waals surface area contributed by atoms with E-state index in [-0.39, 0.29) is 5.82 Å². The van der Waals surface area contributed by atoms with Crippen LogP contribution in [0.1, 0.15) is 16.1 Å². The first-order chi connectivity index (χ1) is 8.47. The fourth-order valence-electron chi connectivity index (χ4n) is 1.42. The maximum Gasteiger partial charge on any atom is 0.262 e. The van der Waals surface area contributed by atoms with Crippen LogP contribution in [-0.4, -0.2) is 16.1 Å². The van der Waals surface area contributed by atoms with Gasteiger partial charge < -0.3 is 5.32 Å². The molecule has 0 aliphatic rings. The van der Waals surface area contributed by atoms with Gasteiger partial charge in [-0.15, -0.1) is 0 Å². The number of halogens is 3. The Balaban J connectivity index is 2.29. The van der Waals surface area contributed by atoms with Crippen molar-refractivity contribution in [3.63, 3.8) is 0 Å². The molecule has 1 aromatic carbocycles. The third-order valence-electron chi connectivity index (χ3n) is 2.18. The normalized spacial score (nSPS) is 10.4. The Morgan fingerprint density at radius 1 is 1.22 bits per heavy atom. The molecule has 4 nitrogen and oxygen atoms in total. The SMILES string of the molecule is Cc1cc(NC(=O)c2c(F)cc(F)cc2F)n[nH]1. The first kappa shape index (κ1) is 12.2. The summed E-state index contributed by atoms with van der Waals surface area (Å²) < 4.78 is 39.3. The molecule has 2 rings (SSSR count). The van der Waals surface area contributed by atoms with E-state index in [4.69, 9.17) is 0 Å². The number of nitrogens with zero attached hydrogens (tertiary/aromatic N) is 1. The van der Waals surface area contributed by atoms with E-state index in [2.05, 4.69) is 15.5 Å². The summed E-state index contributed by atoms with van der Waals surface area (Å²) in [7, 11) is 0. The van der Waals surface area contributed by atoms with Gasteiger partial charge in [0.25, 0.3) is 5.91 Å². The predicted octanol–water partition coefficient (Wildman–Crippen LogP) is 2.39. The maximum absolute atomic E-state index is 13.3. The summed E-state index contributed by atoms with van der Waals surface area (Å²) in [5.41, 5.74) is -0.178. The lowest BCUT2D eigenvalue weighted by Crippen LogP contribution is -2.16. The van der Waals surface area contributed by atoms with Crippen molar-refractivity contribution in [3.8, 4) is 0 Å². The number of hydrogen-bond acceptors (Lipinski definition) is 2. The van der Waals surface area contributed by atoms with Crippen LogP contribution in [0.4, 0.5) is 19.0 Å². The lowest BCUT2D eigenvalue weighted by atomic mass is 10.2. The number of aromatic amines is 1. The Morgan fingerprint density at radius 2 is 1.83 bits per heavy atom. The molecule has 1 heterocycles. The molecular weight excluding hydrogens is 247 g/mol. The topological polar surface area (TPSA) is 57.8 Å². The van der Waals surface area contributed by atoms with Crippen molar-refractivity contribution in [2.75, 3.05) is 5.32 Å². The molecule has 1 amide bonds. The summed E-state index contributed by atoms with van der Waals surface area (Å²) in [6, 6.07) is 2.36. The Bertz CT molecular complexity index is 586. The molecule has 7 heteroatoms. The average molecular weight is 255 g/mol. The molecule has 0 unspecified atom stereocenters. The number of benzene rings is 1. The number of amides is 1. The van der Waals surface area contributed by atoms with Crippen molar-refractivity contribution in [3.05, 3.63) is 46.9 Å². The smallest absolute Gasteiger partial charge is 0.262 e. The summed E-state index contributed by atoms with van der Waals surface area (Å²) in [4.78, 5) is 11.6. The van der Waals surface area contributed by atoms with Gasteiger partial charge in [0.2, 0.25) is 0 Å². The monoisotopic (exact) mass is 255 g/mol. The zero-order chi connectivity index (χ0) is 13.3. The third-order valence-corrected chi connectivity index (χ3v) is 2.18. The van der Waals surface area contributed by atoms with Gasteiger partial charge in [-0.25, -0.2) is 13.2 Å². The van der Waals surface area contributed by atoms with Gasteiger partial charge >= 0.3 is 0 Å². The number of carbonyl (C=O) groups is 1. The Morgan fingerprint density at radius 3 is 2.33 bits per heavy atom. The predicted molar refractivity (Wildman–Crippen MR) is 57.6 cm³/mol. The summed E-state index contributed by atoms with van der Waals surface area (Å²) in [6.45, 7) is 1.70. The van der Waals surface area contributed by atoms with Crippen LogP contribution in [0.15, 0.2) is 18.2 Å². The van der Waals surface area contributed by atoms with Crippen LogP contribution in [0.25, 0.3) is 0 Å². The lowest BCUT2D eigenvalue weighted by Gasteiger charge is -2.04. The Hall–Kier alpha value is -2.31. The van der Waals surface area contributed by atoms with Crippen LogP contribution in [0, 0.1) is 24.4 Å². The summed E-state index contributed by atoms with van der Waals surface area (Å²) in [6.07, 6.45) is 0. The van der Waals surface area contributed by atoms with Gasteiger partial charge in [-0.1, -0.05) is 0 Å². The van der Waals surface area contributed by atoms with Gasteiger partial charge in [0.1, 0.15) is 23.0 Å². The minimum Gasteiger partial charge on any atom is -0.305 e. The highest BCUT2D eigenvalue weighted by Gasteiger charge is 2.19. The van der Waals surface area contributed by atoms with Crippen molar-refractivity contribution in [2.24, 2.45) is 0 Å². The van der Waals surface area contributed by atoms with Crippen LogP contribution in [-0.2, 0) is 0 Å². The van der Waals surface area contributed by atoms with Crippen LogP contribution in [0.2, 0.25) is 0 Å². The van der Waals surface area contributed by atoms with Crippen molar-refractivity contribution >= 4 is 11.7 Å². The largest absolute Gasteiger partial charge is 0.305 e. The Kier molecular flexibility index (Phi) is 3.05. The highest BCUT2D eigenvalue weighted by molar-refractivity contribution is 6.04. The summed E-state index contributed by atoms with van der Waals surface area (Å²) in [5, 5.41) is 8.43. The fraction of sp³-hybridized carbons (Fsp3) is 0.0909. The molecule has 0 aliphatic carbocycles. The Labute approximate surface area is 99.8 Å². The fourth-order valence-corrected chi connectivity index (χ4v) is 1.42. The first-order valence-electron chi connectivity index (χ1n) is 4.95. The molecule has 0 saturated heterocycles. The van der Waals surface area contributed by atoms with Gasteiger partial charge in [0, 0.05) is 23.9 Å². The van der Waals surface area contributed by atoms with Gasteiger partial charge in [0.15, 0.2) is 5.82 Å². The molecule has 94 valence electrons. The standard InChI is InChI=1S/C11H8F3N3O/c1-5-2-9(17-16-5)15-11(18)10-7(13)3-6(12)4-8(10)14/h2-4H,1H3,(H2,15,16,17,18). The number of H-pyrrole nitrogens is 1. The third kappa shape index (κ3) is 2.34. The molecule has 0 bridgehead atoms. The summed E-state index contributed by atoms with van der Waals surface area (Å²) >= 11 is 0. The van der Waals surface area contributed by atoms with Crippen LogP contribution < -0.4 is 5.32 Å². The van der Waals surface area contributed by atoms with E-state index in [0.717, 1.165) is 0 Å². The second-order valence-electron chi connectivity index (χ2n) is 3.63. The zero-order valence-electron chi connectivity index (χ0n) is 9.22. The first-order valence-corrected chi connectivity index (χ1v) is 4.95. The van der Waals surface area contributed by atoms with E-state index in [1.54, 1.807) is 6.92 Å². The minimum atomic E-state index is -1.27. The quantitative estimate of drug-likeness (QED) is 0.865. The van der Waals surface area contributed by atoms with E-state index in [1.807, 2.05) is 0 Å². The highest BCUT2D eigenvalue weighted by Crippen LogP contribution is 2.16. The number of aromatic nitrogens is 2. The molecule has 0 fully saturated rings. The van der Waals surface area contributed by atoms with Crippen molar-refractivity contribution in [2.45, 2.75) is 6.92 Å². The van der Waals surface area contributed by atoms with Gasteiger partial charge in [0.05, 0.1) is 0 Å². The second kappa shape index (κ2) is 4.52. The number of nitrogens with one attached hydrogen (secondary N) is 2. The molecule has 0 saturated carbocycles. The minimum absolute atomic E-state index is 0.126. The second-order valence-corrected chi connectivity index (χ2v) is 3.63. The van der Waals surface area contributed by atoms with Crippen LogP contribution in [0.5, 0.6) is 0 Å². The van der Waals surface area contributed by atoms with E-state index in [9.17, 15) is 18.0 Å². The number of rotatable bonds is 2. The molecule has 1 aromatic heterocycles. The van der Waals surface area contributed by atoms with Gasteiger partial charge in [-0.2, -0.15) is 5.10 Å². The number of carbonyl (C=O) groups excluding carboxylic acids is 1. The van der Waals surface area contributed by atoms with Gasteiger partial charge in [-0.3, -0.25) is 9.89 Å². The van der Waals surface area contributed by atoms with Crippen LogP contribution >= 0.6 is 0 Å². The molecule has 2 aromatic rings. The zero-order valence-corrected chi connectivity index (χ0v) is 9.22. The molecule has 0 spiro atoms.